The van der Waals surface area contributed by atoms with Crippen LogP contribution in [0.15, 0.2) is 0 Å². The molecule has 0 saturated carbocycles. The molecule has 0 aromatic rings. The van der Waals surface area contributed by atoms with Crippen molar-refractivity contribution in [1.29, 1.82) is 0 Å². The Kier molecular flexibility index (Phi) is 4.84. The van der Waals surface area contributed by atoms with Gasteiger partial charge >= 0.3 is 6.03 Å². The van der Waals surface area contributed by atoms with Gasteiger partial charge in [0.1, 0.15) is 0 Å². The lowest BCUT2D eigenvalue weighted by molar-refractivity contribution is 0.212. The molecule has 5 heteroatoms. The quantitative estimate of drug-likeness (QED) is 0.605. The number of nitrogens with two attached hydrogens (primary N) is 1. The van der Waals surface area contributed by atoms with Crippen molar-refractivity contribution < 1.29 is 4.79 Å². The Morgan fingerprint density at radius 3 is 2.67 bits per heavy atom. The van der Waals surface area contributed by atoms with Gasteiger partial charge in [0.15, 0.2) is 0 Å². The van der Waals surface area contributed by atoms with Crippen LogP contribution in [-0.2, 0) is 0 Å². The summed E-state index contributed by atoms with van der Waals surface area (Å²) in [6.07, 6.45) is 2.06. The van der Waals surface area contributed by atoms with Crippen LogP contribution in [0.25, 0.3) is 0 Å². The highest BCUT2D eigenvalue weighted by atomic mass is 16.2. The first-order valence-corrected chi connectivity index (χ1v) is 5.57. The SMILES string of the molecule is CC(CN)NC(=O)NC1CCN(C)CC1. The van der Waals surface area contributed by atoms with Crippen molar-refractivity contribution in [2.24, 2.45) is 5.73 Å². The summed E-state index contributed by atoms with van der Waals surface area (Å²) in [4.78, 5) is 13.7. The van der Waals surface area contributed by atoms with Crippen molar-refractivity contribution in [1.82, 2.24) is 15.5 Å². The molecule has 0 bridgehead atoms. The lowest BCUT2D eigenvalue weighted by Crippen LogP contribution is -2.50. The minimum atomic E-state index is -0.0949. The third kappa shape index (κ3) is 4.48. The normalized spacial score (nSPS) is 21.0. The molecule has 1 unspecified atom stereocenters. The van der Waals surface area contributed by atoms with E-state index in [1.54, 1.807) is 0 Å². The predicted molar refractivity (Wildman–Crippen MR) is 60.7 cm³/mol. The number of amides is 2. The summed E-state index contributed by atoms with van der Waals surface area (Å²) < 4.78 is 0. The molecule has 1 heterocycles. The molecule has 1 aliphatic rings. The van der Waals surface area contributed by atoms with Crippen molar-refractivity contribution in [2.45, 2.75) is 31.8 Å². The predicted octanol–water partition coefficient (Wildman–Crippen LogP) is -0.273. The number of rotatable bonds is 3. The summed E-state index contributed by atoms with van der Waals surface area (Å²) in [5.74, 6) is 0. The number of likely N-dealkylation sites (tertiary alicyclic amines) is 1. The van der Waals surface area contributed by atoms with Crippen molar-refractivity contribution in [3.05, 3.63) is 0 Å². The monoisotopic (exact) mass is 214 g/mol. The van der Waals surface area contributed by atoms with Gasteiger partial charge in [0.25, 0.3) is 0 Å². The first-order chi connectivity index (χ1) is 7.11. The molecule has 15 heavy (non-hydrogen) atoms. The molecule has 0 aromatic carbocycles. The molecule has 0 spiro atoms. The molecule has 88 valence electrons. The van der Waals surface area contributed by atoms with Crippen LogP contribution < -0.4 is 16.4 Å². The Bertz CT molecular complexity index is 202. The third-order valence-corrected chi connectivity index (χ3v) is 2.78. The lowest BCUT2D eigenvalue weighted by Gasteiger charge is -2.29. The van der Waals surface area contributed by atoms with Crippen molar-refractivity contribution >= 4 is 6.03 Å². The molecule has 2 amide bonds. The maximum atomic E-state index is 11.5. The highest BCUT2D eigenvalue weighted by Crippen LogP contribution is 2.07. The number of hydrogen-bond donors (Lipinski definition) is 3. The molecular formula is C10H22N4O. The second-order valence-electron chi connectivity index (χ2n) is 4.33. The number of carbonyl (C=O) groups excluding carboxylic acids is 1. The van der Waals surface area contributed by atoms with Gasteiger partial charge in [-0.3, -0.25) is 0 Å². The van der Waals surface area contributed by atoms with E-state index in [0.29, 0.717) is 12.6 Å². The number of hydrogen-bond acceptors (Lipinski definition) is 3. The molecular weight excluding hydrogens is 192 g/mol. The van der Waals surface area contributed by atoms with E-state index in [0.717, 1.165) is 25.9 Å². The zero-order valence-electron chi connectivity index (χ0n) is 9.62. The van der Waals surface area contributed by atoms with E-state index in [4.69, 9.17) is 5.73 Å². The van der Waals surface area contributed by atoms with E-state index in [2.05, 4.69) is 22.6 Å². The minimum absolute atomic E-state index is 0.0382. The van der Waals surface area contributed by atoms with Crippen LogP contribution in [0.3, 0.4) is 0 Å². The van der Waals surface area contributed by atoms with Crippen LogP contribution >= 0.6 is 0 Å². The summed E-state index contributed by atoms with van der Waals surface area (Å²) >= 11 is 0. The summed E-state index contributed by atoms with van der Waals surface area (Å²) in [6, 6.07) is 0.255. The molecule has 4 N–H and O–H groups in total. The molecule has 1 aliphatic heterocycles. The van der Waals surface area contributed by atoms with Gasteiger partial charge in [-0.05, 0) is 39.9 Å². The Morgan fingerprint density at radius 1 is 1.53 bits per heavy atom. The van der Waals surface area contributed by atoms with E-state index in [-0.39, 0.29) is 12.1 Å². The fourth-order valence-electron chi connectivity index (χ4n) is 1.66. The average molecular weight is 214 g/mol. The topological polar surface area (TPSA) is 70.4 Å². The van der Waals surface area contributed by atoms with Crippen molar-refractivity contribution in [3.8, 4) is 0 Å². The molecule has 0 aliphatic carbocycles. The smallest absolute Gasteiger partial charge is 0.315 e. The molecule has 1 fully saturated rings. The van der Waals surface area contributed by atoms with Crippen molar-refractivity contribution in [3.63, 3.8) is 0 Å². The second-order valence-corrected chi connectivity index (χ2v) is 4.33. The van der Waals surface area contributed by atoms with E-state index in [1.807, 2.05) is 6.92 Å². The highest BCUT2D eigenvalue weighted by molar-refractivity contribution is 5.74. The van der Waals surface area contributed by atoms with Crippen LogP contribution in [0.1, 0.15) is 19.8 Å². The van der Waals surface area contributed by atoms with Gasteiger partial charge in [0.2, 0.25) is 0 Å². The van der Waals surface area contributed by atoms with Crippen LogP contribution in [0.2, 0.25) is 0 Å². The van der Waals surface area contributed by atoms with E-state index >= 15 is 0 Å². The largest absolute Gasteiger partial charge is 0.335 e. The Balaban J connectivity index is 2.20. The molecule has 1 saturated heterocycles. The third-order valence-electron chi connectivity index (χ3n) is 2.78. The lowest BCUT2D eigenvalue weighted by atomic mass is 10.1. The van der Waals surface area contributed by atoms with E-state index in [1.165, 1.54) is 0 Å². The van der Waals surface area contributed by atoms with Gasteiger partial charge in [0.05, 0.1) is 0 Å². The first kappa shape index (κ1) is 12.3. The maximum Gasteiger partial charge on any atom is 0.315 e. The standard InChI is InChI=1S/C10H22N4O/c1-8(7-11)12-10(15)13-9-3-5-14(2)6-4-9/h8-9H,3-7,11H2,1-2H3,(H2,12,13,15). The number of piperidine rings is 1. The number of nitrogens with one attached hydrogen (secondary N) is 2. The summed E-state index contributed by atoms with van der Waals surface area (Å²) in [7, 11) is 2.10. The molecule has 5 nitrogen and oxygen atoms in total. The molecule has 1 atom stereocenters. The number of carbonyl (C=O) groups is 1. The van der Waals surface area contributed by atoms with Gasteiger partial charge in [-0.15, -0.1) is 0 Å². The summed E-state index contributed by atoms with van der Waals surface area (Å²) in [5.41, 5.74) is 5.42. The van der Waals surface area contributed by atoms with E-state index in [9.17, 15) is 4.79 Å². The Hall–Kier alpha value is -0.810. The fraction of sp³-hybridized carbons (Fsp3) is 0.900. The maximum absolute atomic E-state index is 11.5. The summed E-state index contributed by atoms with van der Waals surface area (Å²) in [6.45, 7) is 4.48. The number of urea groups is 1. The second kappa shape index (κ2) is 5.92. The first-order valence-electron chi connectivity index (χ1n) is 5.57. The van der Waals surface area contributed by atoms with E-state index < -0.39 is 0 Å². The summed E-state index contributed by atoms with van der Waals surface area (Å²) in [5, 5.41) is 5.77. The van der Waals surface area contributed by atoms with Gasteiger partial charge in [-0.25, -0.2) is 4.79 Å². The zero-order valence-corrected chi connectivity index (χ0v) is 9.62. The number of nitrogens with zero attached hydrogens (tertiary/aromatic N) is 1. The molecule has 0 radical (unpaired) electrons. The Morgan fingerprint density at radius 2 is 2.13 bits per heavy atom. The highest BCUT2D eigenvalue weighted by Gasteiger charge is 2.18. The van der Waals surface area contributed by atoms with Gasteiger partial charge in [-0.1, -0.05) is 0 Å². The fourth-order valence-corrected chi connectivity index (χ4v) is 1.66. The van der Waals surface area contributed by atoms with Gasteiger partial charge < -0.3 is 21.3 Å². The zero-order chi connectivity index (χ0) is 11.3. The molecule has 1 rings (SSSR count). The minimum Gasteiger partial charge on any atom is -0.335 e. The Labute approximate surface area is 91.4 Å². The van der Waals surface area contributed by atoms with Crippen molar-refractivity contribution in [2.75, 3.05) is 26.7 Å². The van der Waals surface area contributed by atoms with Crippen LogP contribution in [0.4, 0.5) is 4.79 Å². The van der Waals surface area contributed by atoms with Gasteiger partial charge in [0, 0.05) is 18.6 Å². The molecule has 0 aromatic heterocycles. The average Bonchev–Trinajstić information content (AvgIpc) is 2.21. The van der Waals surface area contributed by atoms with Crippen LogP contribution in [0, 0.1) is 0 Å². The van der Waals surface area contributed by atoms with Gasteiger partial charge in [-0.2, -0.15) is 0 Å². The van der Waals surface area contributed by atoms with Crippen LogP contribution in [-0.4, -0.2) is 49.7 Å². The van der Waals surface area contributed by atoms with Crippen LogP contribution in [0.5, 0.6) is 0 Å².